The van der Waals surface area contributed by atoms with Crippen LogP contribution in [0.5, 0.6) is 0 Å². The number of hydrogen-bond donors (Lipinski definition) is 0. The zero-order chi connectivity index (χ0) is 32.9. The SMILES string of the molecule is CC1(C)c2ccccc2-c2c1ccc1c2c2ccccc2n1-c1ccc(-c2ccccc2-n2c3ccccc3c3ccccc32)cc1C#N. The van der Waals surface area contributed by atoms with E-state index in [9.17, 15) is 5.26 Å². The van der Waals surface area contributed by atoms with Crippen molar-refractivity contribution in [3.8, 4) is 39.7 Å². The van der Waals surface area contributed by atoms with Crippen LogP contribution in [0.15, 0.2) is 152 Å². The van der Waals surface area contributed by atoms with Gasteiger partial charge in [0, 0.05) is 32.5 Å². The minimum atomic E-state index is -0.0907. The molecule has 0 aliphatic heterocycles. The molecule has 0 saturated carbocycles. The molecular formula is C46H31N3. The molecular weight excluding hydrogens is 595 g/mol. The van der Waals surface area contributed by atoms with Gasteiger partial charge in [-0.3, -0.25) is 0 Å². The average molecular weight is 626 g/mol. The van der Waals surface area contributed by atoms with Crippen LogP contribution in [0.1, 0.15) is 30.5 Å². The normalized spacial score (nSPS) is 13.2. The molecule has 0 saturated heterocycles. The van der Waals surface area contributed by atoms with Crippen LogP contribution in [-0.2, 0) is 5.41 Å². The lowest BCUT2D eigenvalue weighted by Gasteiger charge is -2.21. The average Bonchev–Trinajstić information content (AvgIpc) is 3.75. The fraction of sp³-hybridized carbons (Fsp3) is 0.0652. The number of hydrogen-bond acceptors (Lipinski definition) is 1. The predicted octanol–water partition coefficient (Wildman–Crippen LogP) is 11.7. The fourth-order valence-corrected chi connectivity index (χ4v) is 8.59. The van der Waals surface area contributed by atoms with Gasteiger partial charge < -0.3 is 9.13 Å². The Bertz CT molecular complexity index is 2820. The summed E-state index contributed by atoms with van der Waals surface area (Å²) < 4.78 is 4.65. The third kappa shape index (κ3) is 3.72. The highest BCUT2D eigenvalue weighted by Crippen LogP contribution is 2.53. The minimum absolute atomic E-state index is 0.0907. The number of nitrogens with zero attached hydrogens (tertiary/aromatic N) is 3. The van der Waals surface area contributed by atoms with E-state index in [4.69, 9.17) is 0 Å². The smallest absolute Gasteiger partial charge is 0.101 e. The Labute approximate surface area is 284 Å². The van der Waals surface area contributed by atoms with Crippen molar-refractivity contribution < 1.29 is 0 Å². The van der Waals surface area contributed by atoms with Gasteiger partial charge >= 0.3 is 0 Å². The first-order chi connectivity index (χ1) is 24.1. The summed E-state index contributed by atoms with van der Waals surface area (Å²) in [6.07, 6.45) is 0. The molecule has 2 aromatic heterocycles. The molecule has 0 unspecified atom stereocenters. The van der Waals surface area contributed by atoms with Gasteiger partial charge in [-0.2, -0.15) is 5.26 Å². The van der Waals surface area contributed by atoms with Crippen LogP contribution in [0.2, 0.25) is 0 Å². The third-order valence-corrected chi connectivity index (χ3v) is 10.8. The number of aromatic nitrogens is 2. The van der Waals surface area contributed by atoms with Gasteiger partial charge in [0.15, 0.2) is 0 Å². The molecule has 1 aliphatic carbocycles. The Morgan fingerprint density at radius 2 is 1.06 bits per heavy atom. The lowest BCUT2D eigenvalue weighted by Crippen LogP contribution is -2.14. The number of fused-ring (bicyclic) bond motifs is 10. The van der Waals surface area contributed by atoms with Crippen molar-refractivity contribution in [3.63, 3.8) is 0 Å². The summed E-state index contributed by atoms with van der Waals surface area (Å²) in [5.41, 5.74) is 14.5. The molecule has 3 nitrogen and oxygen atoms in total. The van der Waals surface area contributed by atoms with Crippen LogP contribution in [0.4, 0.5) is 0 Å². The monoisotopic (exact) mass is 625 g/mol. The predicted molar refractivity (Wildman–Crippen MR) is 203 cm³/mol. The maximum Gasteiger partial charge on any atom is 0.101 e. The summed E-state index contributed by atoms with van der Waals surface area (Å²) in [7, 11) is 0. The zero-order valence-corrected chi connectivity index (χ0v) is 27.3. The molecule has 10 rings (SSSR count). The second-order valence-corrected chi connectivity index (χ2v) is 13.6. The first-order valence-electron chi connectivity index (χ1n) is 16.9. The molecule has 0 fully saturated rings. The molecule has 0 radical (unpaired) electrons. The van der Waals surface area contributed by atoms with E-state index < -0.39 is 0 Å². The van der Waals surface area contributed by atoms with E-state index in [1.807, 2.05) is 0 Å². The summed E-state index contributed by atoms with van der Waals surface area (Å²) in [4.78, 5) is 0. The molecule has 3 heteroatoms. The third-order valence-electron chi connectivity index (χ3n) is 10.8. The van der Waals surface area contributed by atoms with Gasteiger partial charge in [-0.05, 0) is 70.3 Å². The maximum absolute atomic E-state index is 10.8. The van der Waals surface area contributed by atoms with Gasteiger partial charge in [0.25, 0.3) is 0 Å². The van der Waals surface area contributed by atoms with Crippen LogP contribution in [0.25, 0.3) is 77.2 Å². The molecule has 0 bridgehead atoms. The van der Waals surface area contributed by atoms with E-state index in [2.05, 4.69) is 181 Å². The lowest BCUT2D eigenvalue weighted by atomic mass is 9.82. The second-order valence-electron chi connectivity index (χ2n) is 13.6. The topological polar surface area (TPSA) is 33.6 Å². The Kier molecular flexibility index (Phi) is 5.69. The molecule has 7 aromatic carbocycles. The van der Waals surface area contributed by atoms with Gasteiger partial charge in [-0.1, -0.05) is 123 Å². The van der Waals surface area contributed by atoms with Crippen LogP contribution in [0, 0.1) is 11.3 Å². The molecule has 0 N–H and O–H groups in total. The van der Waals surface area contributed by atoms with Crippen molar-refractivity contribution >= 4 is 43.6 Å². The van der Waals surface area contributed by atoms with E-state index in [0.717, 1.165) is 44.6 Å². The van der Waals surface area contributed by atoms with Crippen molar-refractivity contribution in [2.45, 2.75) is 19.3 Å². The molecule has 9 aromatic rings. The van der Waals surface area contributed by atoms with Crippen molar-refractivity contribution in [2.75, 3.05) is 0 Å². The Morgan fingerprint density at radius 1 is 0.490 bits per heavy atom. The molecule has 2 heterocycles. The highest BCUT2D eigenvalue weighted by atomic mass is 15.0. The van der Waals surface area contributed by atoms with Gasteiger partial charge in [0.1, 0.15) is 6.07 Å². The maximum atomic E-state index is 10.8. The molecule has 0 amide bonds. The summed E-state index contributed by atoms with van der Waals surface area (Å²) in [5.74, 6) is 0. The first kappa shape index (κ1) is 27.7. The first-order valence-corrected chi connectivity index (χ1v) is 16.9. The molecule has 0 atom stereocenters. The van der Waals surface area contributed by atoms with Crippen LogP contribution in [-0.4, -0.2) is 9.13 Å². The number of benzene rings is 7. The highest BCUT2D eigenvalue weighted by Gasteiger charge is 2.37. The number of rotatable bonds is 3. The van der Waals surface area contributed by atoms with Gasteiger partial charge in [0.2, 0.25) is 0 Å². The van der Waals surface area contributed by atoms with Crippen molar-refractivity contribution in [3.05, 3.63) is 168 Å². The van der Waals surface area contributed by atoms with Crippen molar-refractivity contribution in [2.24, 2.45) is 0 Å². The molecule has 230 valence electrons. The highest BCUT2D eigenvalue weighted by molar-refractivity contribution is 6.18. The van der Waals surface area contributed by atoms with E-state index in [1.165, 1.54) is 43.8 Å². The van der Waals surface area contributed by atoms with Crippen LogP contribution >= 0.6 is 0 Å². The molecule has 0 spiro atoms. The van der Waals surface area contributed by atoms with E-state index >= 15 is 0 Å². The zero-order valence-electron chi connectivity index (χ0n) is 27.3. The van der Waals surface area contributed by atoms with Gasteiger partial charge in [-0.15, -0.1) is 0 Å². The summed E-state index contributed by atoms with van der Waals surface area (Å²) in [6, 6.07) is 56.7. The number of nitriles is 1. The summed E-state index contributed by atoms with van der Waals surface area (Å²) in [6.45, 7) is 4.65. The molecule has 1 aliphatic rings. The van der Waals surface area contributed by atoms with Crippen LogP contribution < -0.4 is 0 Å². The van der Waals surface area contributed by atoms with Gasteiger partial charge in [0.05, 0.1) is 39.0 Å². The molecule has 49 heavy (non-hydrogen) atoms. The van der Waals surface area contributed by atoms with Gasteiger partial charge in [-0.25, -0.2) is 0 Å². The lowest BCUT2D eigenvalue weighted by molar-refractivity contribution is 0.661. The van der Waals surface area contributed by atoms with E-state index in [1.54, 1.807) is 0 Å². The quantitative estimate of drug-likeness (QED) is 0.192. The van der Waals surface area contributed by atoms with E-state index in [-0.39, 0.29) is 5.41 Å². The fourth-order valence-electron chi connectivity index (χ4n) is 8.59. The summed E-state index contributed by atoms with van der Waals surface area (Å²) >= 11 is 0. The van der Waals surface area contributed by atoms with Crippen molar-refractivity contribution in [1.82, 2.24) is 9.13 Å². The Morgan fingerprint density at radius 3 is 1.78 bits per heavy atom. The Hall–Kier alpha value is -6.37. The standard InChI is InChI=1S/C46H31N3/c1-46(2)36-18-8-3-16-34(36)44-37(46)24-26-43-45(44)35-17-7-12-22-42(35)48(43)38-25-23-29(27-30(38)28-47)31-13-4-9-19-39(31)49-40-20-10-5-14-32(40)33-15-6-11-21-41(33)49/h3-27H,1-2H3. The van der Waals surface area contributed by atoms with Crippen molar-refractivity contribution in [1.29, 1.82) is 5.26 Å². The largest absolute Gasteiger partial charge is 0.309 e. The van der Waals surface area contributed by atoms with E-state index in [0.29, 0.717) is 5.56 Å². The Balaban J connectivity index is 1.21. The number of para-hydroxylation sites is 4. The summed E-state index contributed by atoms with van der Waals surface area (Å²) in [5, 5.41) is 15.7. The minimum Gasteiger partial charge on any atom is -0.309 e. The second kappa shape index (κ2) is 10.1. The van der Waals surface area contributed by atoms with Crippen LogP contribution in [0.3, 0.4) is 0 Å².